The van der Waals surface area contributed by atoms with Crippen LogP contribution in [0.4, 0.5) is 11.6 Å². The molecule has 1 aliphatic rings. The number of nitrogens with zero attached hydrogens (tertiary/aromatic N) is 3. The number of anilines is 2. The summed E-state index contributed by atoms with van der Waals surface area (Å²) in [5.41, 5.74) is 1.09. The molecule has 2 N–H and O–H groups in total. The molecule has 2 aromatic heterocycles. The first-order valence-corrected chi connectivity index (χ1v) is 9.22. The molecular weight excluding hydrogens is 358 g/mol. The number of amides is 1. The van der Waals surface area contributed by atoms with Crippen molar-refractivity contribution in [3.05, 3.63) is 53.9 Å². The van der Waals surface area contributed by atoms with Crippen LogP contribution in [0, 0.1) is 6.92 Å². The second kappa shape index (κ2) is 8.18. The third kappa shape index (κ3) is 4.34. The number of ether oxygens (including phenoxy) is 1. The Kier molecular flexibility index (Phi) is 5.29. The van der Waals surface area contributed by atoms with Gasteiger partial charge in [0.1, 0.15) is 17.3 Å². The van der Waals surface area contributed by atoms with Crippen LogP contribution >= 0.6 is 0 Å². The molecule has 1 saturated heterocycles. The fraction of sp³-hybridized carbons (Fsp3) is 0.300. The van der Waals surface area contributed by atoms with E-state index in [4.69, 9.17) is 9.26 Å². The van der Waals surface area contributed by atoms with E-state index in [1.165, 1.54) is 0 Å². The molecular formula is C20H21N5O3. The predicted octanol–water partition coefficient (Wildman–Crippen LogP) is 3.09. The molecule has 0 aliphatic carbocycles. The van der Waals surface area contributed by atoms with Gasteiger partial charge in [0.25, 0.3) is 5.91 Å². The van der Waals surface area contributed by atoms with Gasteiger partial charge >= 0.3 is 0 Å². The van der Waals surface area contributed by atoms with Gasteiger partial charge in [0, 0.05) is 30.8 Å². The van der Waals surface area contributed by atoms with Crippen LogP contribution in [0.2, 0.25) is 0 Å². The van der Waals surface area contributed by atoms with Crippen LogP contribution in [-0.2, 0) is 4.74 Å². The summed E-state index contributed by atoms with van der Waals surface area (Å²) in [5.74, 6) is 1.84. The maximum atomic E-state index is 12.7. The zero-order valence-electron chi connectivity index (χ0n) is 15.5. The normalized spacial score (nSPS) is 16.1. The van der Waals surface area contributed by atoms with Crippen molar-refractivity contribution in [3.63, 3.8) is 0 Å². The average molecular weight is 379 g/mol. The number of benzene rings is 1. The van der Waals surface area contributed by atoms with Crippen LogP contribution in [0.25, 0.3) is 11.4 Å². The lowest BCUT2D eigenvalue weighted by atomic mass is 10.2. The molecule has 144 valence electrons. The smallest absolute Gasteiger partial charge is 0.270 e. The molecule has 0 saturated carbocycles. The molecule has 1 unspecified atom stereocenters. The summed E-state index contributed by atoms with van der Waals surface area (Å²) in [6.07, 6.45) is 2.05. The third-order valence-corrected chi connectivity index (χ3v) is 4.39. The Morgan fingerprint density at radius 1 is 1.18 bits per heavy atom. The first-order chi connectivity index (χ1) is 13.7. The molecule has 1 aliphatic heterocycles. The van der Waals surface area contributed by atoms with Gasteiger partial charge in [-0.15, -0.1) is 0 Å². The molecule has 8 nitrogen and oxygen atoms in total. The summed E-state index contributed by atoms with van der Waals surface area (Å²) in [5, 5.41) is 9.88. The Morgan fingerprint density at radius 3 is 2.75 bits per heavy atom. The van der Waals surface area contributed by atoms with Crippen LogP contribution in [0.3, 0.4) is 0 Å². The van der Waals surface area contributed by atoms with Crippen LogP contribution in [0.1, 0.15) is 29.1 Å². The number of aryl methyl sites for hydroxylation is 1. The molecule has 1 aromatic carbocycles. The van der Waals surface area contributed by atoms with Gasteiger partial charge in [-0.2, -0.15) is 0 Å². The second-order valence-electron chi connectivity index (χ2n) is 6.62. The number of carbonyl (C=O) groups is 1. The topological polar surface area (TPSA) is 102 Å². The van der Waals surface area contributed by atoms with E-state index < -0.39 is 0 Å². The highest BCUT2D eigenvalue weighted by molar-refractivity contribution is 5.93. The molecule has 8 heteroatoms. The van der Waals surface area contributed by atoms with Crippen molar-refractivity contribution in [2.45, 2.75) is 25.9 Å². The molecule has 4 rings (SSSR count). The van der Waals surface area contributed by atoms with Crippen molar-refractivity contribution in [1.29, 1.82) is 0 Å². The van der Waals surface area contributed by atoms with E-state index in [0.29, 0.717) is 29.8 Å². The summed E-state index contributed by atoms with van der Waals surface area (Å²) in [6.45, 7) is 3.02. The fourth-order valence-corrected chi connectivity index (χ4v) is 3.00. The Hall–Kier alpha value is -3.26. The van der Waals surface area contributed by atoms with Gasteiger partial charge in [-0.1, -0.05) is 35.5 Å². The van der Waals surface area contributed by atoms with Crippen molar-refractivity contribution in [2.75, 3.05) is 18.5 Å². The fourth-order valence-electron chi connectivity index (χ4n) is 3.00. The van der Waals surface area contributed by atoms with E-state index in [9.17, 15) is 4.79 Å². The Bertz CT molecular complexity index is 951. The van der Waals surface area contributed by atoms with E-state index in [1.807, 2.05) is 30.3 Å². The minimum Gasteiger partial charge on any atom is -0.376 e. The van der Waals surface area contributed by atoms with Crippen LogP contribution in [-0.4, -0.2) is 40.3 Å². The van der Waals surface area contributed by atoms with Crippen molar-refractivity contribution < 1.29 is 14.1 Å². The third-order valence-electron chi connectivity index (χ3n) is 4.39. The average Bonchev–Trinajstić information content (AvgIpc) is 3.38. The number of carbonyl (C=O) groups excluding carboxylic acids is 1. The molecule has 1 atom stereocenters. The van der Waals surface area contributed by atoms with Crippen molar-refractivity contribution >= 4 is 17.5 Å². The summed E-state index contributed by atoms with van der Waals surface area (Å²) in [4.78, 5) is 21.6. The maximum absolute atomic E-state index is 12.7. The minimum atomic E-state index is -0.269. The SMILES string of the molecule is Cc1cc(Nc2cc(C(=O)NCC3CCCO3)nc(-c3ccccc3)n2)no1. The zero-order chi connectivity index (χ0) is 19.3. The minimum absolute atomic E-state index is 0.0649. The standard InChI is InChI=1S/C20H21N5O3/c1-13-10-18(25-28-13)23-17-11-16(20(26)21-12-15-8-5-9-27-15)22-19(24-17)14-6-3-2-4-7-14/h2-4,6-7,10-11,15H,5,8-9,12H2,1H3,(H,21,26)(H,22,23,24,25). The lowest BCUT2D eigenvalue weighted by molar-refractivity contribution is 0.0853. The first kappa shape index (κ1) is 18.1. The lowest BCUT2D eigenvalue weighted by Gasteiger charge is -2.12. The monoisotopic (exact) mass is 379 g/mol. The van der Waals surface area contributed by atoms with Gasteiger partial charge in [-0.3, -0.25) is 4.79 Å². The van der Waals surface area contributed by atoms with Crippen molar-refractivity contribution in [2.24, 2.45) is 0 Å². The number of hydrogen-bond donors (Lipinski definition) is 2. The van der Waals surface area contributed by atoms with Gasteiger partial charge in [0.05, 0.1) is 6.10 Å². The molecule has 0 spiro atoms. The number of rotatable bonds is 6. The summed E-state index contributed by atoms with van der Waals surface area (Å²) < 4.78 is 10.6. The van der Waals surface area contributed by atoms with Crippen molar-refractivity contribution in [1.82, 2.24) is 20.4 Å². The van der Waals surface area contributed by atoms with Crippen LogP contribution in [0.15, 0.2) is 47.0 Å². The van der Waals surface area contributed by atoms with E-state index >= 15 is 0 Å². The summed E-state index contributed by atoms with van der Waals surface area (Å²) >= 11 is 0. The summed E-state index contributed by atoms with van der Waals surface area (Å²) in [7, 11) is 0. The Balaban J connectivity index is 1.60. The van der Waals surface area contributed by atoms with E-state index in [0.717, 1.165) is 25.0 Å². The molecule has 3 heterocycles. The zero-order valence-corrected chi connectivity index (χ0v) is 15.5. The summed E-state index contributed by atoms with van der Waals surface area (Å²) in [6, 6.07) is 12.9. The molecule has 3 aromatic rings. The van der Waals surface area contributed by atoms with Gasteiger partial charge in [0.15, 0.2) is 11.6 Å². The van der Waals surface area contributed by atoms with Gasteiger partial charge in [-0.05, 0) is 19.8 Å². The number of hydrogen-bond acceptors (Lipinski definition) is 7. The largest absolute Gasteiger partial charge is 0.376 e. The molecule has 0 bridgehead atoms. The maximum Gasteiger partial charge on any atom is 0.270 e. The Labute approximate surface area is 162 Å². The van der Waals surface area contributed by atoms with Crippen LogP contribution < -0.4 is 10.6 Å². The number of nitrogens with one attached hydrogen (secondary N) is 2. The lowest BCUT2D eigenvalue weighted by Crippen LogP contribution is -2.32. The molecule has 1 fully saturated rings. The van der Waals surface area contributed by atoms with Gasteiger partial charge in [-0.25, -0.2) is 9.97 Å². The quantitative estimate of drug-likeness (QED) is 0.678. The second-order valence-corrected chi connectivity index (χ2v) is 6.62. The molecule has 0 radical (unpaired) electrons. The molecule has 1 amide bonds. The highest BCUT2D eigenvalue weighted by atomic mass is 16.5. The molecule has 28 heavy (non-hydrogen) atoms. The number of aromatic nitrogens is 3. The van der Waals surface area contributed by atoms with E-state index in [1.54, 1.807) is 19.1 Å². The van der Waals surface area contributed by atoms with Crippen LogP contribution in [0.5, 0.6) is 0 Å². The van der Waals surface area contributed by atoms with Gasteiger partial charge < -0.3 is 19.9 Å². The van der Waals surface area contributed by atoms with E-state index in [-0.39, 0.29) is 17.7 Å². The highest BCUT2D eigenvalue weighted by Gasteiger charge is 2.18. The van der Waals surface area contributed by atoms with E-state index in [2.05, 4.69) is 25.8 Å². The van der Waals surface area contributed by atoms with Crippen molar-refractivity contribution in [3.8, 4) is 11.4 Å². The Morgan fingerprint density at radius 2 is 2.04 bits per heavy atom. The first-order valence-electron chi connectivity index (χ1n) is 9.22. The highest BCUT2D eigenvalue weighted by Crippen LogP contribution is 2.21. The predicted molar refractivity (Wildman–Crippen MR) is 103 cm³/mol. The van der Waals surface area contributed by atoms with Gasteiger partial charge in [0.2, 0.25) is 0 Å².